The molecule has 1 aromatic heterocycles. The van der Waals surface area contributed by atoms with Gasteiger partial charge in [-0.2, -0.15) is 0 Å². The van der Waals surface area contributed by atoms with Gasteiger partial charge in [0, 0.05) is 44.4 Å². The number of rotatable bonds is 1. The Balaban J connectivity index is 1.34. The minimum absolute atomic E-state index is 0.0188. The van der Waals surface area contributed by atoms with E-state index >= 15 is 0 Å². The van der Waals surface area contributed by atoms with Gasteiger partial charge in [0.1, 0.15) is 11.5 Å². The Morgan fingerprint density at radius 3 is 2.08 bits per heavy atom. The summed E-state index contributed by atoms with van der Waals surface area (Å²) < 4.78 is 9.61. The van der Waals surface area contributed by atoms with Crippen molar-refractivity contribution >= 4 is 62.0 Å². The van der Waals surface area contributed by atoms with Gasteiger partial charge < -0.3 is 14.2 Å². The van der Waals surface area contributed by atoms with Crippen LogP contribution in [0.15, 0.2) is 84.9 Å². The summed E-state index contributed by atoms with van der Waals surface area (Å²) in [6, 6.07) is 32.6. The first-order valence-corrected chi connectivity index (χ1v) is 18.2. The zero-order valence-electron chi connectivity index (χ0n) is 30.6. The molecule has 0 saturated carbocycles. The lowest BCUT2D eigenvalue weighted by Gasteiger charge is -2.40. The van der Waals surface area contributed by atoms with E-state index in [2.05, 4.69) is 157 Å². The number of fused-ring (bicyclic) bond motifs is 9. The van der Waals surface area contributed by atoms with Crippen molar-refractivity contribution in [2.45, 2.75) is 97.9 Å². The van der Waals surface area contributed by atoms with E-state index in [1.54, 1.807) is 0 Å². The Kier molecular flexibility index (Phi) is 6.29. The average molecular weight is 643 g/mol. The molecule has 0 spiro atoms. The topological polar surface area (TPSA) is 17.4 Å². The first-order chi connectivity index (χ1) is 23.2. The molecule has 49 heavy (non-hydrogen) atoms. The fourth-order valence-corrected chi connectivity index (χ4v) is 8.95. The van der Waals surface area contributed by atoms with Gasteiger partial charge in [-0.1, -0.05) is 77.9 Å². The minimum Gasteiger partial charge on any atom is -0.458 e. The van der Waals surface area contributed by atoms with Crippen molar-refractivity contribution in [3.63, 3.8) is 0 Å². The van der Waals surface area contributed by atoms with Crippen LogP contribution in [0.2, 0.25) is 0 Å². The van der Waals surface area contributed by atoms with E-state index < -0.39 is 0 Å². The van der Waals surface area contributed by atoms with Gasteiger partial charge in [-0.25, -0.2) is 0 Å². The fraction of sp³-hybridized carbons (Fsp3) is 0.333. The molecule has 0 bridgehead atoms. The maximum Gasteiger partial charge on any atom is 0.256 e. The van der Waals surface area contributed by atoms with Crippen molar-refractivity contribution in [2.75, 3.05) is 4.90 Å². The molecule has 0 saturated heterocycles. The molecule has 1 aliphatic carbocycles. The van der Waals surface area contributed by atoms with Crippen molar-refractivity contribution < 1.29 is 4.74 Å². The Labute approximate surface area is 292 Å². The van der Waals surface area contributed by atoms with E-state index in [1.165, 1.54) is 90.4 Å². The lowest BCUT2D eigenvalue weighted by Crippen LogP contribution is -2.59. The van der Waals surface area contributed by atoms with Crippen LogP contribution in [0.25, 0.3) is 21.8 Å². The molecular weight excluding hydrogens is 595 g/mol. The van der Waals surface area contributed by atoms with Crippen LogP contribution in [0, 0.1) is 0 Å². The van der Waals surface area contributed by atoms with Gasteiger partial charge in [-0.05, 0) is 138 Å². The molecule has 9 rings (SSSR count). The van der Waals surface area contributed by atoms with E-state index in [1.807, 2.05) is 0 Å². The lowest BCUT2D eigenvalue weighted by molar-refractivity contribution is 0.423. The molecular formula is C45H47BN2O. The number of anilines is 3. The second-order valence-electron chi connectivity index (χ2n) is 17.7. The third-order valence-corrected chi connectivity index (χ3v) is 11.4. The van der Waals surface area contributed by atoms with Crippen molar-refractivity contribution in [3.8, 4) is 11.5 Å². The quantitative estimate of drug-likeness (QED) is 0.166. The second kappa shape index (κ2) is 10.1. The van der Waals surface area contributed by atoms with Gasteiger partial charge >= 0.3 is 0 Å². The Morgan fingerprint density at radius 1 is 0.633 bits per heavy atom. The molecule has 0 radical (unpaired) electrons. The van der Waals surface area contributed by atoms with E-state index in [0.29, 0.717) is 0 Å². The minimum atomic E-state index is -0.0838. The molecule has 3 nitrogen and oxygen atoms in total. The van der Waals surface area contributed by atoms with Crippen molar-refractivity contribution in [3.05, 3.63) is 107 Å². The summed E-state index contributed by atoms with van der Waals surface area (Å²) in [5.41, 5.74) is 15.9. The predicted octanol–water partition coefficient (Wildman–Crippen LogP) is 10.0. The SMILES string of the molecule is CC(C)(C)c1ccc(N2c3ccc(C(C)(C)C)cc3B3c4cc5c(cc4Oc4cccc2c43)c2c3c(ccc2n5C(C)(C)C)CCC3)cc1. The molecule has 0 amide bonds. The van der Waals surface area contributed by atoms with Crippen LogP contribution >= 0.6 is 0 Å². The number of ether oxygens (including phenoxy) is 1. The summed E-state index contributed by atoms with van der Waals surface area (Å²) in [6.45, 7) is 20.9. The van der Waals surface area contributed by atoms with Crippen LogP contribution in [0.5, 0.6) is 11.5 Å². The molecule has 4 heteroatoms. The van der Waals surface area contributed by atoms with Gasteiger partial charge in [-0.15, -0.1) is 0 Å². The third kappa shape index (κ3) is 4.48. The Morgan fingerprint density at radius 2 is 1.37 bits per heavy atom. The first-order valence-electron chi connectivity index (χ1n) is 18.2. The van der Waals surface area contributed by atoms with E-state index in [4.69, 9.17) is 4.74 Å². The summed E-state index contributed by atoms with van der Waals surface area (Å²) in [4.78, 5) is 2.46. The number of nitrogens with zero attached hydrogens (tertiary/aromatic N) is 2. The summed E-state index contributed by atoms with van der Waals surface area (Å²) in [6.07, 6.45) is 3.56. The van der Waals surface area contributed by atoms with E-state index in [-0.39, 0.29) is 23.1 Å². The molecule has 3 heterocycles. The van der Waals surface area contributed by atoms with Gasteiger partial charge in [0.15, 0.2) is 0 Å². The van der Waals surface area contributed by atoms with Gasteiger partial charge in [0.25, 0.3) is 6.71 Å². The maximum atomic E-state index is 7.02. The maximum absolute atomic E-state index is 7.02. The van der Waals surface area contributed by atoms with Crippen LogP contribution in [0.3, 0.4) is 0 Å². The van der Waals surface area contributed by atoms with Crippen molar-refractivity contribution in [2.24, 2.45) is 0 Å². The van der Waals surface area contributed by atoms with Gasteiger partial charge in [0.2, 0.25) is 0 Å². The zero-order valence-corrected chi connectivity index (χ0v) is 30.6. The third-order valence-electron chi connectivity index (χ3n) is 11.4. The predicted molar refractivity (Wildman–Crippen MR) is 210 cm³/mol. The Hall–Kier alpha value is -4.44. The van der Waals surface area contributed by atoms with Crippen molar-refractivity contribution in [1.82, 2.24) is 4.57 Å². The first kappa shape index (κ1) is 30.6. The highest BCUT2D eigenvalue weighted by molar-refractivity contribution is 6.99. The van der Waals surface area contributed by atoms with Crippen LogP contribution < -0.4 is 26.0 Å². The molecule has 0 unspecified atom stereocenters. The summed E-state index contributed by atoms with van der Waals surface area (Å²) in [5, 5.41) is 2.75. The number of benzene rings is 5. The number of hydrogen-bond acceptors (Lipinski definition) is 2. The molecule has 6 aromatic rings. The highest BCUT2D eigenvalue weighted by Gasteiger charge is 2.43. The second-order valence-corrected chi connectivity index (χ2v) is 17.7. The summed E-state index contributed by atoms with van der Waals surface area (Å²) in [5.74, 6) is 1.95. The molecule has 246 valence electrons. The number of aromatic nitrogens is 1. The monoisotopic (exact) mass is 642 g/mol. The average Bonchev–Trinajstić information content (AvgIpc) is 3.65. The molecule has 2 aliphatic heterocycles. The molecule has 0 atom stereocenters. The van der Waals surface area contributed by atoms with Gasteiger partial charge in [-0.3, -0.25) is 0 Å². The Bertz CT molecular complexity index is 2340. The fourth-order valence-electron chi connectivity index (χ4n) is 8.95. The van der Waals surface area contributed by atoms with Crippen molar-refractivity contribution in [1.29, 1.82) is 0 Å². The van der Waals surface area contributed by atoms with E-state index in [9.17, 15) is 0 Å². The van der Waals surface area contributed by atoms with Crippen LogP contribution in [-0.2, 0) is 29.2 Å². The smallest absolute Gasteiger partial charge is 0.256 e. The van der Waals surface area contributed by atoms with E-state index in [0.717, 1.165) is 17.9 Å². The largest absolute Gasteiger partial charge is 0.458 e. The van der Waals surface area contributed by atoms with Crippen LogP contribution in [-0.4, -0.2) is 11.3 Å². The molecule has 0 N–H and O–H groups in total. The highest BCUT2D eigenvalue weighted by atomic mass is 16.5. The van der Waals surface area contributed by atoms with Gasteiger partial charge in [0.05, 0.1) is 0 Å². The van der Waals surface area contributed by atoms with Crippen LogP contribution in [0.1, 0.15) is 91.0 Å². The number of aryl methyl sites for hydroxylation is 2. The number of hydrogen-bond donors (Lipinski definition) is 0. The summed E-state index contributed by atoms with van der Waals surface area (Å²) >= 11 is 0. The zero-order chi connectivity index (χ0) is 34.2. The normalized spacial score (nSPS) is 15.3. The van der Waals surface area contributed by atoms with Crippen LogP contribution in [0.4, 0.5) is 17.1 Å². The summed E-state index contributed by atoms with van der Waals surface area (Å²) in [7, 11) is 0. The molecule has 0 fully saturated rings. The lowest BCUT2D eigenvalue weighted by atomic mass is 9.34. The molecule has 3 aliphatic rings. The molecule has 5 aromatic carbocycles. The standard InChI is InChI=1S/C45H47BN2O/c1-43(2,3)28-17-20-30(21-18-28)47-35-23-19-29(44(4,5)6)24-33(35)46-34-26-38-32(25-40(34)49-39-15-11-14-37(47)42(39)46)41-31-13-10-12-27(31)16-22-36(41)48(38)45(7,8)9/h11,14-26H,10,12-13H2,1-9H3. The highest BCUT2D eigenvalue weighted by Crippen LogP contribution is 2.45.